The predicted molar refractivity (Wildman–Crippen MR) is 58.4 cm³/mol. The maximum absolute atomic E-state index is 11.0. The van der Waals surface area contributed by atoms with E-state index in [9.17, 15) is 4.79 Å². The van der Waals surface area contributed by atoms with Crippen molar-refractivity contribution in [1.29, 1.82) is 0 Å². The molecule has 0 rings (SSSR count). The van der Waals surface area contributed by atoms with Gasteiger partial charge in [0, 0.05) is 16.4 Å². The highest BCUT2D eigenvalue weighted by atomic mass is 127. The van der Waals surface area contributed by atoms with Gasteiger partial charge in [-0.15, -0.1) is 6.58 Å². The summed E-state index contributed by atoms with van der Waals surface area (Å²) >= 11 is 2.17. The van der Waals surface area contributed by atoms with Crippen LogP contribution < -0.4 is 0 Å². The fourth-order valence-corrected chi connectivity index (χ4v) is 1.12. The Kier molecular flexibility index (Phi) is 6.06. The van der Waals surface area contributed by atoms with Crippen LogP contribution in [0.5, 0.6) is 0 Å². The van der Waals surface area contributed by atoms with Gasteiger partial charge < -0.3 is 4.74 Å². The molecule has 0 N–H and O–H groups in total. The van der Waals surface area contributed by atoms with Gasteiger partial charge in [-0.1, -0.05) is 35.2 Å². The Balaban J connectivity index is 3.93. The molecular weight excluding hydrogens is 267 g/mol. The number of carbonyl (C=O) groups is 1. The van der Waals surface area contributed by atoms with E-state index in [1.54, 1.807) is 13.0 Å². The SMILES string of the molecule is C=CCC(CI)OC(=O)C(=C)C. The minimum Gasteiger partial charge on any atom is -0.458 e. The Morgan fingerprint density at radius 3 is 2.67 bits per heavy atom. The van der Waals surface area contributed by atoms with Crippen LogP contribution in [0.2, 0.25) is 0 Å². The van der Waals surface area contributed by atoms with Crippen LogP contribution in [-0.2, 0) is 9.53 Å². The molecule has 2 nitrogen and oxygen atoms in total. The van der Waals surface area contributed by atoms with E-state index in [1.807, 2.05) is 0 Å². The number of alkyl halides is 1. The first-order valence-corrected chi connectivity index (χ1v) is 5.17. The second-order valence-corrected chi connectivity index (χ2v) is 3.37. The summed E-state index contributed by atoms with van der Waals surface area (Å²) in [5, 5.41) is 0. The molecule has 0 radical (unpaired) electrons. The van der Waals surface area contributed by atoms with Gasteiger partial charge in [0.05, 0.1) is 0 Å². The number of hydrogen-bond donors (Lipinski definition) is 0. The van der Waals surface area contributed by atoms with Crippen molar-refractivity contribution in [2.75, 3.05) is 4.43 Å². The molecule has 0 saturated carbocycles. The largest absolute Gasteiger partial charge is 0.458 e. The number of rotatable bonds is 5. The van der Waals surface area contributed by atoms with Crippen molar-refractivity contribution in [3.63, 3.8) is 0 Å². The van der Waals surface area contributed by atoms with Crippen molar-refractivity contribution in [2.45, 2.75) is 19.4 Å². The number of hydrogen-bond acceptors (Lipinski definition) is 2. The zero-order valence-electron chi connectivity index (χ0n) is 7.18. The van der Waals surface area contributed by atoms with Crippen molar-refractivity contribution in [1.82, 2.24) is 0 Å². The standard InChI is InChI=1S/C9H13IO2/c1-4-5-8(6-10)12-9(11)7(2)3/h4,8H,1-2,5-6H2,3H3. The molecule has 0 bridgehead atoms. The molecule has 0 aliphatic rings. The van der Waals surface area contributed by atoms with E-state index in [2.05, 4.69) is 35.7 Å². The Labute approximate surface area is 86.8 Å². The molecule has 1 unspecified atom stereocenters. The van der Waals surface area contributed by atoms with Crippen LogP contribution in [0.15, 0.2) is 24.8 Å². The average Bonchev–Trinajstić information content (AvgIpc) is 2.03. The predicted octanol–water partition coefficient (Wildman–Crippen LogP) is 2.49. The lowest BCUT2D eigenvalue weighted by Gasteiger charge is -2.12. The lowest BCUT2D eigenvalue weighted by atomic mass is 10.3. The quantitative estimate of drug-likeness (QED) is 0.254. The highest BCUT2D eigenvalue weighted by Crippen LogP contribution is 2.06. The minimum atomic E-state index is -0.321. The molecule has 1 atom stereocenters. The summed E-state index contributed by atoms with van der Waals surface area (Å²) in [4.78, 5) is 11.0. The van der Waals surface area contributed by atoms with E-state index in [1.165, 1.54) is 0 Å². The fourth-order valence-electron chi connectivity index (χ4n) is 0.580. The molecule has 68 valence electrons. The maximum Gasteiger partial charge on any atom is 0.333 e. The molecular formula is C9H13IO2. The molecule has 0 aliphatic heterocycles. The van der Waals surface area contributed by atoms with Crippen molar-refractivity contribution in [3.8, 4) is 0 Å². The highest BCUT2D eigenvalue weighted by Gasteiger charge is 2.11. The Hall–Kier alpha value is -0.320. The van der Waals surface area contributed by atoms with Gasteiger partial charge in [-0.25, -0.2) is 4.79 Å². The first kappa shape index (κ1) is 11.7. The molecule has 0 aromatic carbocycles. The normalized spacial score (nSPS) is 11.8. The third-order valence-electron chi connectivity index (χ3n) is 1.22. The lowest BCUT2D eigenvalue weighted by Crippen LogP contribution is -2.19. The van der Waals surface area contributed by atoms with E-state index in [0.717, 1.165) is 4.43 Å². The van der Waals surface area contributed by atoms with Gasteiger partial charge in [-0.3, -0.25) is 0 Å². The van der Waals surface area contributed by atoms with E-state index in [4.69, 9.17) is 4.74 Å². The van der Waals surface area contributed by atoms with Crippen LogP contribution in [0.3, 0.4) is 0 Å². The zero-order valence-corrected chi connectivity index (χ0v) is 9.34. The Morgan fingerprint density at radius 2 is 2.33 bits per heavy atom. The molecule has 0 heterocycles. The second-order valence-electron chi connectivity index (χ2n) is 2.49. The number of halogens is 1. The number of ether oxygens (including phenoxy) is 1. The fraction of sp³-hybridized carbons (Fsp3) is 0.444. The van der Waals surface area contributed by atoms with Gasteiger partial charge in [0.15, 0.2) is 0 Å². The molecule has 0 aliphatic carbocycles. The molecule has 0 aromatic rings. The number of carbonyl (C=O) groups excluding carboxylic acids is 1. The maximum atomic E-state index is 11.0. The van der Waals surface area contributed by atoms with Gasteiger partial charge in [0.2, 0.25) is 0 Å². The van der Waals surface area contributed by atoms with Gasteiger partial charge >= 0.3 is 5.97 Å². The minimum absolute atomic E-state index is 0.0627. The molecule has 3 heteroatoms. The smallest absolute Gasteiger partial charge is 0.333 e. The third-order valence-corrected chi connectivity index (χ3v) is 2.21. The summed E-state index contributed by atoms with van der Waals surface area (Å²) in [5.74, 6) is -0.321. The summed E-state index contributed by atoms with van der Waals surface area (Å²) in [7, 11) is 0. The van der Waals surface area contributed by atoms with Gasteiger partial charge in [-0.2, -0.15) is 0 Å². The van der Waals surface area contributed by atoms with E-state index in [0.29, 0.717) is 12.0 Å². The van der Waals surface area contributed by atoms with Gasteiger partial charge in [0.25, 0.3) is 0 Å². The molecule has 0 amide bonds. The third kappa shape index (κ3) is 4.54. The lowest BCUT2D eigenvalue weighted by molar-refractivity contribution is -0.142. The average molecular weight is 280 g/mol. The van der Waals surface area contributed by atoms with Crippen LogP contribution in [0.4, 0.5) is 0 Å². The summed E-state index contributed by atoms with van der Waals surface area (Å²) in [6, 6.07) is 0. The molecule has 0 saturated heterocycles. The summed E-state index contributed by atoms with van der Waals surface area (Å²) in [6.07, 6.45) is 2.38. The first-order valence-electron chi connectivity index (χ1n) is 3.65. The van der Waals surface area contributed by atoms with Crippen molar-refractivity contribution in [3.05, 3.63) is 24.8 Å². The number of esters is 1. The zero-order chi connectivity index (χ0) is 9.56. The van der Waals surface area contributed by atoms with Crippen LogP contribution in [0.1, 0.15) is 13.3 Å². The van der Waals surface area contributed by atoms with Crippen LogP contribution in [-0.4, -0.2) is 16.5 Å². The van der Waals surface area contributed by atoms with E-state index < -0.39 is 0 Å². The van der Waals surface area contributed by atoms with Gasteiger partial charge in [-0.05, 0) is 6.92 Å². The summed E-state index contributed by atoms with van der Waals surface area (Å²) in [5.41, 5.74) is 0.439. The van der Waals surface area contributed by atoms with E-state index >= 15 is 0 Å². The monoisotopic (exact) mass is 280 g/mol. The van der Waals surface area contributed by atoms with E-state index in [-0.39, 0.29) is 12.1 Å². The van der Waals surface area contributed by atoms with Crippen LogP contribution in [0.25, 0.3) is 0 Å². The second kappa shape index (κ2) is 6.22. The summed E-state index contributed by atoms with van der Waals surface area (Å²) < 4.78 is 5.86. The Morgan fingerprint density at radius 1 is 1.75 bits per heavy atom. The molecule has 0 aromatic heterocycles. The van der Waals surface area contributed by atoms with Gasteiger partial charge in [0.1, 0.15) is 6.10 Å². The first-order chi connectivity index (χ1) is 5.61. The summed E-state index contributed by atoms with van der Waals surface area (Å²) in [6.45, 7) is 8.72. The Bertz CT molecular complexity index is 187. The highest BCUT2D eigenvalue weighted by molar-refractivity contribution is 14.1. The molecule has 0 fully saturated rings. The van der Waals surface area contributed by atoms with Crippen molar-refractivity contribution in [2.24, 2.45) is 0 Å². The molecule has 12 heavy (non-hydrogen) atoms. The van der Waals surface area contributed by atoms with Crippen LogP contribution in [0, 0.1) is 0 Å². The van der Waals surface area contributed by atoms with Crippen molar-refractivity contribution < 1.29 is 9.53 Å². The topological polar surface area (TPSA) is 26.3 Å². The van der Waals surface area contributed by atoms with Crippen molar-refractivity contribution >= 4 is 28.6 Å². The molecule has 0 spiro atoms. The van der Waals surface area contributed by atoms with Crippen LogP contribution >= 0.6 is 22.6 Å².